The number of nitrogens with one attached hydrogen (secondary N) is 7. The molecule has 0 bridgehead atoms. The first-order valence-corrected chi connectivity index (χ1v) is 14.1. The Kier molecular flexibility index (Phi) is 9.64. The number of H-pyrrole nitrogens is 4. The van der Waals surface area contributed by atoms with Crippen molar-refractivity contribution < 1.29 is 24.3 Å². The molecule has 5 aromatic rings. The molecule has 4 aromatic heterocycles. The molecule has 234 valence electrons. The Hall–Kier alpha value is -5.77. The number of hydrogen-bond acceptors (Lipinski definition) is 8. The van der Waals surface area contributed by atoms with Gasteiger partial charge < -0.3 is 46.7 Å². The SMILES string of the molecule is NC(Cc1cnc[nH]1)C(=O)NC(Cc1cnc[nH]1)C(=O)NC(Cc1c[nH]c2ccccc12)C(=O)NC(Cc1cnc[nH]1)C(=O)O. The minimum absolute atomic E-state index is 0.0212. The molecule has 0 fully saturated rings. The number of aliphatic carboxylic acids is 1. The van der Waals surface area contributed by atoms with Gasteiger partial charge in [-0.2, -0.15) is 0 Å². The summed E-state index contributed by atoms with van der Waals surface area (Å²) >= 11 is 0. The lowest BCUT2D eigenvalue weighted by Crippen LogP contribution is -2.58. The van der Waals surface area contributed by atoms with Crippen molar-refractivity contribution in [1.29, 1.82) is 0 Å². The third-order valence-corrected chi connectivity index (χ3v) is 7.27. The molecule has 16 heteroatoms. The van der Waals surface area contributed by atoms with Crippen LogP contribution in [0.3, 0.4) is 0 Å². The van der Waals surface area contributed by atoms with E-state index in [4.69, 9.17) is 5.73 Å². The molecule has 3 amide bonds. The zero-order chi connectivity index (χ0) is 31.8. The third-order valence-electron chi connectivity index (χ3n) is 7.27. The molecule has 4 atom stereocenters. The fourth-order valence-corrected chi connectivity index (χ4v) is 4.92. The average Bonchev–Trinajstić information content (AvgIpc) is 3.85. The van der Waals surface area contributed by atoms with Crippen molar-refractivity contribution in [2.24, 2.45) is 5.73 Å². The van der Waals surface area contributed by atoms with Gasteiger partial charge in [0.2, 0.25) is 17.7 Å². The maximum absolute atomic E-state index is 13.8. The van der Waals surface area contributed by atoms with Crippen LogP contribution in [0, 0.1) is 0 Å². The van der Waals surface area contributed by atoms with Crippen LogP contribution in [0.2, 0.25) is 0 Å². The Morgan fingerprint density at radius 2 is 1.20 bits per heavy atom. The summed E-state index contributed by atoms with van der Waals surface area (Å²) in [5.74, 6) is -3.24. The fourth-order valence-electron chi connectivity index (χ4n) is 4.92. The highest BCUT2D eigenvalue weighted by molar-refractivity contribution is 5.95. The highest BCUT2D eigenvalue weighted by Gasteiger charge is 2.32. The lowest BCUT2D eigenvalue weighted by Gasteiger charge is -2.25. The van der Waals surface area contributed by atoms with Crippen LogP contribution in [-0.4, -0.2) is 87.9 Å². The molecule has 0 saturated heterocycles. The molecule has 0 aliphatic carbocycles. The number of carboxylic acids is 1. The second-order valence-electron chi connectivity index (χ2n) is 10.5. The van der Waals surface area contributed by atoms with E-state index in [1.165, 1.54) is 31.4 Å². The lowest BCUT2D eigenvalue weighted by molar-refractivity contribution is -0.142. The fraction of sp³-hybridized carbons (Fsp3) is 0.276. The molecule has 4 heterocycles. The first-order valence-electron chi connectivity index (χ1n) is 14.1. The normalized spacial score (nSPS) is 13.9. The van der Waals surface area contributed by atoms with Crippen molar-refractivity contribution in [2.75, 3.05) is 0 Å². The van der Waals surface area contributed by atoms with Gasteiger partial charge in [0, 0.05) is 78.5 Å². The molecular weight excluding hydrogens is 582 g/mol. The van der Waals surface area contributed by atoms with Crippen molar-refractivity contribution in [1.82, 2.24) is 50.8 Å². The number of nitrogens with zero attached hydrogens (tertiary/aromatic N) is 3. The van der Waals surface area contributed by atoms with Gasteiger partial charge in [-0.05, 0) is 11.6 Å². The van der Waals surface area contributed by atoms with Crippen molar-refractivity contribution in [3.8, 4) is 0 Å². The van der Waals surface area contributed by atoms with Crippen molar-refractivity contribution in [2.45, 2.75) is 49.9 Å². The molecule has 0 spiro atoms. The second-order valence-corrected chi connectivity index (χ2v) is 10.5. The van der Waals surface area contributed by atoms with Gasteiger partial charge in [0.15, 0.2) is 0 Å². The van der Waals surface area contributed by atoms with E-state index in [0.717, 1.165) is 16.5 Å². The first-order chi connectivity index (χ1) is 21.8. The number of fused-ring (bicyclic) bond motifs is 1. The van der Waals surface area contributed by atoms with Gasteiger partial charge >= 0.3 is 5.97 Å². The largest absolute Gasteiger partial charge is 0.480 e. The van der Waals surface area contributed by atoms with Gasteiger partial charge in [-0.1, -0.05) is 18.2 Å². The van der Waals surface area contributed by atoms with Gasteiger partial charge in [0.05, 0.1) is 25.0 Å². The van der Waals surface area contributed by atoms with E-state index >= 15 is 0 Å². The molecule has 5 rings (SSSR count). The number of hydrogen-bond donors (Lipinski definition) is 9. The van der Waals surface area contributed by atoms with Crippen LogP contribution in [0.1, 0.15) is 22.6 Å². The lowest BCUT2D eigenvalue weighted by atomic mass is 10.0. The van der Waals surface area contributed by atoms with Crippen molar-refractivity contribution in [3.63, 3.8) is 0 Å². The smallest absolute Gasteiger partial charge is 0.326 e. The van der Waals surface area contributed by atoms with Gasteiger partial charge in [0.1, 0.15) is 18.1 Å². The average molecular weight is 616 g/mol. The molecule has 0 aliphatic heterocycles. The topological polar surface area (TPSA) is 252 Å². The van der Waals surface area contributed by atoms with Crippen LogP contribution >= 0.6 is 0 Å². The number of carbonyl (C=O) groups is 4. The Morgan fingerprint density at radius 1 is 0.689 bits per heavy atom. The number of carboxylic acid groups (broad SMARTS) is 1. The van der Waals surface area contributed by atoms with Crippen molar-refractivity contribution in [3.05, 3.63) is 90.7 Å². The third kappa shape index (κ3) is 7.99. The summed E-state index contributed by atoms with van der Waals surface area (Å²) in [5.41, 5.74) is 9.38. The second kappa shape index (κ2) is 14.1. The molecule has 1 aromatic carbocycles. The summed E-state index contributed by atoms with van der Waals surface area (Å²) in [5, 5.41) is 18.7. The Balaban J connectivity index is 1.37. The first kappa shape index (κ1) is 30.7. The highest BCUT2D eigenvalue weighted by atomic mass is 16.4. The summed E-state index contributed by atoms with van der Waals surface area (Å²) < 4.78 is 0. The zero-order valence-electron chi connectivity index (χ0n) is 24.0. The van der Waals surface area contributed by atoms with E-state index in [1.54, 1.807) is 12.4 Å². The monoisotopic (exact) mass is 615 g/mol. The summed E-state index contributed by atoms with van der Waals surface area (Å²) in [7, 11) is 0. The highest BCUT2D eigenvalue weighted by Crippen LogP contribution is 2.19. The molecule has 0 radical (unpaired) electrons. The van der Waals surface area contributed by atoms with Crippen LogP contribution in [-0.2, 0) is 44.9 Å². The van der Waals surface area contributed by atoms with E-state index in [1.807, 2.05) is 24.3 Å². The zero-order valence-corrected chi connectivity index (χ0v) is 24.0. The number of para-hydroxylation sites is 1. The number of imidazole rings is 3. The number of benzene rings is 1. The Morgan fingerprint density at radius 3 is 1.78 bits per heavy atom. The predicted molar refractivity (Wildman–Crippen MR) is 160 cm³/mol. The molecule has 4 unspecified atom stereocenters. The molecule has 10 N–H and O–H groups in total. The van der Waals surface area contributed by atoms with E-state index in [0.29, 0.717) is 17.1 Å². The summed E-state index contributed by atoms with van der Waals surface area (Å²) in [4.78, 5) is 76.2. The van der Waals surface area contributed by atoms with Crippen molar-refractivity contribution >= 4 is 34.6 Å². The van der Waals surface area contributed by atoms with Crippen LogP contribution in [0.5, 0.6) is 0 Å². The van der Waals surface area contributed by atoms with Crippen LogP contribution in [0.4, 0.5) is 0 Å². The minimum atomic E-state index is -1.30. The van der Waals surface area contributed by atoms with E-state index < -0.39 is 47.9 Å². The number of rotatable bonds is 15. The standard InChI is InChI=1S/C29H33N11O5/c30-21(6-17-10-31-13-35-17)26(41)38-24(7-18-11-32-14-36-18)28(43)39-23(5-16-9-34-22-4-2-1-3-20(16)22)27(42)40-25(29(44)45)8-19-12-33-15-37-19/h1-4,9-15,21,23-25,34H,5-8,30H2,(H,31,35)(H,32,36)(H,33,37)(H,38,41)(H,39,43)(H,40,42)(H,44,45). The molecular formula is C29H33N11O5. The summed E-state index contributed by atoms with van der Waals surface area (Å²) in [6.45, 7) is 0. The number of amides is 3. The number of carbonyl (C=O) groups excluding carboxylic acids is 3. The van der Waals surface area contributed by atoms with E-state index in [2.05, 4.69) is 50.8 Å². The number of aromatic nitrogens is 7. The van der Waals surface area contributed by atoms with Crippen LogP contribution in [0.25, 0.3) is 10.9 Å². The molecule has 0 aliphatic rings. The van der Waals surface area contributed by atoms with E-state index in [-0.39, 0.29) is 25.7 Å². The molecule has 45 heavy (non-hydrogen) atoms. The quantitative estimate of drug-likeness (QED) is 0.0733. The van der Waals surface area contributed by atoms with Crippen LogP contribution < -0.4 is 21.7 Å². The van der Waals surface area contributed by atoms with Gasteiger partial charge in [-0.3, -0.25) is 14.4 Å². The maximum atomic E-state index is 13.8. The maximum Gasteiger partial charge on any atom is 0.326 e. The number of aromatic amines is 4. The summed E-state index contributed by atoms with van der Waals surface area (Å²) in [6.07, 6.45) is 10.7. The Bertz CT molecular complexity index is 1710. The van der Waals surface area contributed by atoms with Gasteiger partial charge in [-0.25, -0.2) is 19.7 Å². The van der Waals surface area contributed by atoms with Gasteiger partial charge in [-0.15, -0.1) is 0 Å². The van der Waals surface area contributed by atoms with Gasteiger partial charge in [0.25, 0.3) is 0 Å². The predicted octanol–water partition coefficient (Wildman–Crippen LogP) is -0.526. The molecule has 0 saturated carbocycles. The minimum Gasteiger partial charge on any atom is -0.480 e. The number of nitrogens with two attached hydrogens (primary N) is 1. The summed E-state index contributed by atoms with van der Waals surface area (Å²) in [6, 6.07) is 2.80. The molecule has 16 nitrogen and oxygen atoms in total. The van der Waals surface area contributed by atoms with Crippen LogP contribution in [0.15, 0.2) is 68.0 Å². The van der Waals surface area contributed by atoms with E-state index in [9.17, 15) is 24.3 Å². The Labute approximate surface area is 256 Å².